The van der Waals surface area contributed by atoms with Gasteiger partial charge in [-0.15, -0.1) is 12.4 Å². The highest BCUT2D eigenvalue weighted by molar-refractivity contribution is 5.85. The number of benzene rings is 1. The molecule has 1 aromatic carbocycles. The molecule has 0 saturated heterocycles. The molecule has 0 radical (unpaired) electrons. The maximum Gasteiger partial charge on any atom is 0.303 e. The van der Waals surface area contributed by atoms with E-state index in [0.717, 1.165) is 25.9 Å². The molecule has 3 nitrogen and oxygen atoms in total. The van der Waals surface area contributed by atoms with Crippen LogP contribution in [0.5, 0.6) is 0 Å². The molecular weight excluding hydrogens is 238 g/mol. The van der Waals surface area contributed by atoms with Crippen molar-refractivity contribution in [1.82, 2.24) is 4.90 Å². The summed E-state index contributed by atoms with van der Waals surface area (Å²) >= 11 is 0. The van der Waals surface area contributed by atoms with E-state index >= 15 is 0 Å². The molecule has 0 fully saturated rings. The fraction of sp³-hybridized carbons (Fsp3) is 0.462. The van der Waals surface area contributed by atoms with Crippen LogP contribution in [-0.2, 0) is 11.2 Å². The number of nitrogens with zero attached hydrogens (tertiary/aromatic N) is 1. The highest BCUT2D eigenvalue weighted by Gasteiger charge is 2.01. The number of carbonyl (C=O) groups is 1. The second-order valence-electron chi connectivity index (χ2n) is 4.04. The van der Waals surface area contributed by atoms with E-state index in [1.807, 2.05) is 25.2 Å². The number of halogens is 1. The molecule has 17 heavy (non-hydrogen) atoms. The number of hydrogen-bond donors (Lipinski definition) is 1. The predicted octanol–water partition coefficient (Wildman–Crippen LogP) is 2.45. The molecule has 0 amide bonds. The van der Waals surface area contributed by atoms with Crippen LogP contribution in [0.25, 0.3) is 0 Å². The van der Waals surface area contributed by atoms with Gasteiger partial charge in [-0.25, -0.2) is 0 Å². The molecule has 0 aromatic heterocycles. The average Bonchev–Trinajstić information content (AvgIpc) is 2.27. The van der Waals surface area contributed by atoms with Gasteiger partial charge in [0.25, 0.3) is 0 Å². The third kappa shape index (κ3) is 7.77. The summed E-state index contributed by atoms with van der Waals surface area (Å²) in [5, 5.41) is 8.52. The predicted molar refractivity (Wildman–Crippen MR) is 71.8 cm³/mol. The van der Waals surface area contributed by atoms with Crippen LogP contribution in [0.1, 0.15) is 18.4 Å². The van der Waals surface area contributed by atoms with E-state index in [4.69, 9.17) is 5.11 Å². The molecule has 0 aliphatic carbocycles. The fourth-order valence-electron chi connectivity index (χ4n) is 1.58. The molecule has 0 spiro atoms. The fourth-order valence-corrected chi connectivity index (χ4v) is 1.58. The summed E-state index contributed by atoms with van der Waals surface area (Å²) in [5.41, 5.74) is 1.33. The van der Waals surface area contributed by atoms with Gasteiger partial charge >= 0.3 is 5.97 Å². The van der Waals surface area contributed by atoms with Crippen molar-refractivity contribution in [1.29, 1.82) is 0 Å². The van der Waals surface area contributed by atoms with Gasteiger partial charge < -0.3 is 10.0 Å². The molecule has 0 aliphatic rings. The SMILES string of the molecule is CN(CCCC(=O)O)CCc1ccccc1.Cl. The zero-order valence-corrected chi connectivity index (χ0v) is 10.9. The molecule has 0 unspecified atom stereocenters. The third-order valence-electron chi connectivity index (χ3n) is 2.56. The van der Waals surface area contributed by atoms with Crippen LogP contribution in [-0.4, -0.2) is 36.1 Å². The number of carboxylic acid groups (broad SMARTS) is 1. The van der Waals surface area contributed by atoms with Gasteiger partial charge in [-0.2, -0.15) is 0 Å². The lowest BCUT2D eigenvalue weighted by atomic mass is 10.1. The molecule has 96 valence electrons. The van der Waals surface area contributed by atoms with E-state index in [9.17, 15) is 4.79 Å². The minimum Gasteiger partial charge on any atom is -0.481 e. The van der Waals surface area contributed by atoms with Gasteiger partial charge in [0.1, 0.15) is 0 Å². The zero-order chi connectivity index (χ0) is 11.8. The topological polar surface area (TPSA) is 40.5 Å². The zero-order valence-electron chi connectivity index (χ0n) is 10.1. The molecule has 1 aromatic rings. The number of aliphatic carboxylic acids is 1. The molecular formula is C13H20ClNO2. The van der Waals surface area contributed by atoms with Crippen molar-refractivity contribution in [3.05, 3.63) is 35.9 Å². The Labute approximate surface area is 109 Å². The summed E-state index contributed by atoms with van der Waals surface area (Å²) in [5.74, 6) is -0.712. The van der Waals surface area contributed by atoms with Crippen LogP contribution in [0, 0.1) is 0 Å². The van der Waals surface area contributed by atoms with E-state index in [1.165, 1.54) is 5.56 Å². The van der Waals surface area contributed by atoms with Crippen molar-refractivity contribution in [3.8, 4) is 0 Å². The smallest absolute Gasteiger partial charge is 0.303 e. The summed E-state index contributed by atoms with van der Waals surface area (Å²) in [6, 6.07) is 10.3. The van der Waals surface area contributed by atoms with Gasteiger partial charge in [0.15, 0.2) is 0 Å². The quantitative estimate of drug-likeness (QED) is 0.816. The molecule has 0 bridgehead atoms. The van der Waals surface area contributed by atoms with E-state index in [0.29, 0.717) is 0 Å². The van der Waals surface area contributed by atoms with Crippen LogP contribution >= 0.6 is 12.4 Å². The van der Waals surface area contributed by atoms with Gasteiger partial charge in [-0.1, -0.05) is 30.3 Å². The first-order valence-electron chi connectivity index (χ1n) is 5.63. The first-order valence-corrected chi connectivity index (χ1v) is 5.63. The first-order chi connectivity index (χ1) is 7.68. The molecule has 4 heteroatoms. The van der Waals surface area contributed by atoms with E-state index in [-0.39, 0.29) is 18.8 Å². The van der Waals surface area contributed by atoms with Gasteiger partial charge in [-0.3, -0.25) is 4.79 Å². The second kappa shape index (κ2) is 9.02. The molecule has 1 N–H and O–H groups in total. The third-order valence-corrected chi connectivity index (χ3v) is 2.56. The van der Waals surface area contributed by atoms with Crippen molar-refractivity contribution >= 4 is 18.4 Å². The highest BCUT2D eigenvalue weighted by Crippen LogP contribution is 2.01. The molecule has 0 saturated carbocycles. The summed E-state index contributed by atoms with van der Waals surface area (Å²) in [4.78, 5) is 12.5. The maximum absolute atomic E-state index is 10.3. The Bertz CT molecular complexity index is 316. The number of carboxylic acids is 1. The monoisotopic (exact) mass is 257 g/mol. The molecule has 0 aliphatic heterocycles. The second-order valence-corrected chi connectivity index (χ2v) is 4.04. The highest BCUT2D eigenvalue weighted by atomic mass is 35.5. The Kier molecular flexibility index (Phi) is 8.46. The van der Waals surface area contributed by atoms with Crippen molar-refractivity contribution in [3.63, 3.8) is 0 Å². The summed E-state index contributed by atoms with van der Waals surface area (Å²) in [6.45, 7) is 1.82. The van der Waals surface area contributed by atoms with Gasteiger partial charge in [0.05, 0.1) is 0 Å². The lowest BCUT2D eigenvalue weighted by Crippen LogP contribution is -2.22. The van der Waals surface area contributed by atoms with Gasteiger partial charge in [-0.05, 0) is 32.0 Å². The van der Waals surface area contributed by atoms with Crippen LogP contribution in [0.2, 0.25) is 0 Å². The molecule has 0 heterocycles. The Hall–Kier alpha value is -1.06. The van der Waals surface area contributed by atoms with Crippen LogP contribution in [0.3, 0.4) is 0 Å². The number of hydrogen-bond acceptors (Lipinski definition) is 2. The van der Waals surface area contributed by atoms with Crippen molar-refractivity contribution in [2.45, 2.75) is 19.3 Å². The summed E-state index contributed by atoms with van der Waals surface area (Å²) in [6.07, 6.45) is 2.00. The number of likely N-dealkylation sites (N-methyl/N-ethyl adjacent to an activating group) is 1. The van der Waals surface area contributed by atoms with Crippen LogP contribution < -0.4 is 0 Å². The molecule has 1 rings (SSSR count). The van der Waals surface area contributed by atoms with Gasteiger partial charge in [0, 0.05) is 13.0 Å². The Morgan fingerprint density at radius 2 is 1.88 bits per heavy atom. The van der Waals surface area contributed by atoms with E-state index in [2.05, 4.69) is 17.0 Å². The Morgan fingerprint density at radius 3 is 2.47 bits per heavy atom. The van der Waals surface area contributed by atoms with E-state index < -0.39 is 5.97 Å². The first kappa shape index (κ1) is 15.9. The minimum absolute atomic E-state index is 0. The van der Waals surface area contributed by atoms with Crippen molar-refractivity contribution in [2.75, 3.05) is 20.1 Å². The van der Waals surface area contributed by atoms with Crippen molar-refractivity contribution < 1.29 is 9.90 Å². The Balaban J connectivity index is 0.00000256. The Morgan fingerprint density at radius 1 is 1.24 bits per heavy atom. The molecule has 0 atom stereocenters. The van der Waals surface area contributed by atoms with Crippen LogP contribution in [0.4, 0.5) is 0 Å². The minimum atomic E-state index is -0.712. The average molecular weight is 258 g/mol. The van der Waals surface area contributed by atoms with Crippen LogP contribution in [0.15, 0.2) is 30.3 Å². The maximum atomic E-state index is 10.3. The summed E-state index contributed by atoms with van der Waals surface area (Å²) < 4.78 is 0. The number of rotatable bonds is 7. The standard InChI is InChI=1S/C13H19NO2.ClH/c1-14(10-5-8-13(15)16)11-9-12-6-3-2-4-7-12;/h2-4,6-7H,5,8-11H2,1H3,(H,15,16);1H. The van der Waals surface area contributed by atoms with E-state index in [1.54, 1.807) is 0 Å². The normalized spacial score (nSPS) is 10.0. The lowest BCUT2D eigenvalue weighted by Gasteiger charge is -2.15. The van der Waals surface area contributed by atoms with Crippen molar-refractivity contribution in [2.24, 2.45) is 0 Å². The lowest BCUT2D eigenvalue weighted by molar-refractivity contribution is -0.137. The largest absolute Gasteiger partial charge is 0.481 e. The van der Waals surface area contributed by atoms with Gasteiger partial charge in [0.2, 0.25) is 0 Å². The summed E-state index contributed by atoms with van der Waals surface area (Å²) in [7, 11) is 2.03.